The monoisotopic (exact) mass is 227 g/mol. The zero-order valence-corrected chi connectivity index (χ0v) is 10.6. The van der Waals surface area contributed by atoms with Gasteiger partial charge in [0.05, 0.1) is 11.8 Å². The molecule has 0 aromatic carbocycles. The van der Waals surface area contributed by atoms with Gasteiger partial charge in [0.25, 0.3) is 0 Å². The van der Waals surface area contributed by atoms with Crippen LogP contribution in [0.5, 0.6) is 0 Å². The first kappa shape index (κ1) is 14.7. The number of rotatable bonds is 4. The van der Waals surface area contributed by atoms with Gasteiger partial charge < -0.3 is 10.8 Å². The third-order valence-electron chi connectivity index (χ3n) is 2.78. The number of hydrogen-bond donors (Lipinski definition) is 2. The summed E-state index contributed by atoms with van der Waals surface area (Å²) in [6.45, 7) is 8.93. The first-order valence-electron chi connectivity index (χ1n) is 5.27. The fourth-order valence-electron chi connectivity index (χ4n) is 1.87. The number of nitrogens with two attached hydrogens (primary N) is 1. The molecule has 0 radical (unpaired) electrons. The molecule has 1 amide bonds. The van der Waals surface area contributed by atoms with Crippen LogP contribution in [0.25, 0.3) is 0 Å². The third-order valence-corrected chi connectivity index (χ3v) is 2.78. The fourth-order valence-corrected chi connectivity index (χ4v) is 1.87. The van der Waals surface area contributed by atoms with Gasteiger partial charge in [0, 0.05) is 0 Å². The van der Waals surface area contributed by atoms with Crippen molar-refractivity contribution < 1.29 is 14.7 Å². The van der Waals surface area contributed by atoms with E-state index in [4.69, 9.17) is 5.73 Å². The zero-order valence-electron chi connectivity index (χ0n) is 10.6. The molecular formula is C12H21NO3. The summed E-state index contributed by atoms with van der Waals surface area (Å²) in [5.74, 6) is -3.13. The van der Waals surface area contributed by atoms with Gasteiger partial charge in [-0.1, -0.05) is 32.4 Å². The van der Waals surface area contributed by atoms with Crippen molar-refractivity contribution in [2.75, 3.05) is 0 Å². The number of carboxylic acid groups (broad SMARTS) is 1. The Hall–Kier alpha value is -1.32. The summed E-state index contributed by atoms with van der Waals surface area (Å²) in [5.41, 5.74) is 5.51. The number of carboxylic acids is 1. The van der Waals surface area contributed by atoms with E-state index in [-0.39, 0.29) is 0 Å². The summed E-state index contributed by atoms with van der Waals surface area (Å²) in [6, 6.07) is 0. The molecule has 92 valence electrons. The molecule has 0 aromatic heterocycles. The molecule has 4 nitrogen and oxygen atoms in total. The Bertz CT molecular complexity index is 313. The van der Waals surface area contributed by atoms with Gasteiger partial charge in [0.1, 0.15) is 0 Å². The quantitative estimate of drug-likeness (QED) is 0.718. The molecule has 0 bridgehead atoms. The van der Waals surface area contributed by atoms with E-state index in [9.17, 15) is 14.7 Å². The zero-order chi connectivity index (χ0) is 13.1. The van der Waals surface area contributed by atoms with E-state index >= 15 is 0 Å². The van der Waals surface area contributed by atoms with Crippen LogP contribution >= 0.6 is 0 Å². The van der Waals surface area contributed by atoms with Crippen molar-refractivity contribution in [1.29, 1.82) is 0 Å². The normalized spacial score (nSPS) is 16.7. The summed E-state index contributed by atoms with van der Waals surface area (Å²) < 4.78 is 0. The highest BCUT2D eigenvalue weighted by Crippen LogP contribution is 2.35. The molecule has 0 heterocycles. The number of carbonyl (C=O) groups excluding carboxylic acids is 1. The van der Waals surface area contributed by atoms with Crippen molar-refractivity contribution in [3.63, 3.8) is 0 Å². The molecule has 0 fully saturated rings. The van der Waals surface area contributed by atoms with Crippen molar-refractivity contribution in [3.8, 4) is 0 Å². The molecule has 0 aliphatic carbocycles. The van der Waals surface area contributed by atoms with Crippen molar-refractivity contribution in [1.82, 2.24) is 0 Å². The highest BCUT2D eigenvalue weighted by Gasteiger charge is 2.41. The maximum absolute atomic E-state index is 11.4. The van der Waals surface area contributed by atoms with E-state index < -0.39 is 29.1 Å². The van der Waals surface area contributed by atoms with Crippen LogP contribution < -0.4 is 5.73 Å². The van der Waals surface area contributed by atoms with Gasteiger partial charge in [-0.25, -0.2) is 0 Å². The predicted molar refractivity (Wildman–Crippen MR) is 62.7 cm³/mol. The minimum atomic E-state index is -1.01. The second kappa shape index (κ2) is 5.14. The van der Waals surface area contributed by atoms with Gasteiger partial charge in [-0.2, -0.15) is 0 Å². The van der Waals surface area contributed by atoms with Gasteiger partial charge in [-0.15, -0.1) is 0 Å². The summed E-state index contributed by atoms with van der Waals surface area (Å²) in [6.07, 6.45) is 1.71. The largest absolute Gasteiger partial charge is 0.481 e. The average Bonchev–Trinajstić information content (AvgIpc) is 2.09. The van der Waals surface area contributed by atoms with Crippen LogP contribution in [0.2, 0.25) is 0 Å². The van der Waals surface area contributed by atoms with Crippen molar-refractivity contribution in [2.24, 2.45) is 23.0 Å². The number of primary amides is 1. The van der Waals surface area contributed by atoms with Crippen molar-refractivity contribution in [2.45, 2.75) is 34.6 Å². The van der Waals surface area contributed by atoms with Crippen LogP contribution in [0, 0.1) is 17.3 Å². The molecule has 0 aliphatic rings. The number of hydrogen-bond acceptors (Lipinski definition) is 2. The van der Waals surface area contributed by atoms with Crippen LogP contribution in [0.1, 0.15) is 34.6 Å². The van der Waals surface area contributed by atoms with Crippen molar-refractivity contribution >= 4 is 11.9 Å². The molecule has 2 atom stereocenters. The molecule has 2 unspecified atom stereocenters. The van der Waals surface area contributed by atoms with E-state index in [1.807, 2.05) is 20.8 Å². The Morgan fingerprint density at radius 2 is 1.75 bits per heavy atom. The third kappa shape index (κ3) is 3.36. The molecule has 3 N–H and O–H groups in total. The molecule has 4 heteroatoms. The van der Waals surface area contributed by atoms with Crippen LogP contribution in [0.3, 0.4) is 0 Å². The van der Waals surface area contributed by atoms with E-state index in [0.717, 1.165) is 0 Å². The lowest BCUT2D eigenvalue weighted by molar-refractivity contribution is -0.147. The number of amides is 1. The maximum atomic E-state index is 11.4. The minimum Gasteiger partial charge on any atom is -0.481 e. The Morgan fingerprint density at radius 3 is 1.94 bits per heavy atom. The second-order valence-electron chi connectivity index (χ2n) is 5.09. The first-order chi connectivity index (χ1) is 7.12. The van der Waals surface area contributed by atoms with Crippen LogP contribution in [-0.2, 0) is 9.59 Å². The van der Waals surface area contributed by atoms with Crippen LogP contribution in [-0.4, -0.2) is 17.0 Å². The average molecular weight is 227 g/mol. The molecule has 0 saturated carbocycles. The number of carbonyl (C=O) groups is 2. The lowest BCUT2D eigenvalue weighted by Crippen LogP contribution is -2.43. The van der Waals surface area contributed by atoms with E-state index in [0.29, 0.717) is 5.57 Å². The Labute approximate surface area is 96.5 Å². The Balaban J connectivity index is 5.47. The van der Waals surface area contributed by atoms with E-state index in [2.05, 4.69) is 0 Å². The molecule has 0 aromatic rings. The Kier molecular flexibility index (Phi) is 4.72. The van der Waals surface area contributed by atoms with Gasteiger partial charge in [0.2, 0.25) is 5.91 Å². The number of aliphatic carboxylic acids is 1. The summed E-state index contributed by atoms with van der Waals surface area (Å²) in [7, 11) is 0. The highest BCUT2D eigenvalue weighted by molar-refractivity contribution is 5.86. The maximum Gasteiger partial charge on any atom is 0.311 e. The summed E-state index contributed by atoms with van der Waals surface area (Å²) in [4.78, 5) is 22.7. The number of allylic oxidation sites excluding steroid dienone is 1. The molecular weight excluding hydrogens is 206 g/mol. The topological polar surface area (TPSA) is 80.4 Å². The molecule has 0 aliphatic heterocycles. The molecule has 0 rings (SSSR count). The second-order valence-corrected chi connectivity index (χ2v) is 5.09. The van der Waals surface area contributed by atoms with E-state index in [1.165, 1.54) is 0 Å². The summed E-state index contributed by atoms with van der Waals surface area (Å²) >= 11 is 0. The minimum absolute atomic E-state index is 0.473. The van der Waals surface area contributed by atoms with Gasteiger partial charge in [-0.05, 0) is 19.3 Å². The SMILES string of the molecule is CC=C(C)C(C(=O)O)C(C(N)=O)C(C)(C)C. The van der Waals surface area contributed by atoms with Crippen LogP contribution in [0.4, 0.5) is 0 Å². The standard InChI is InChI=1S/C12H21NO3/c1-6-7(2)8(11(15)16)9(10(13)14)12(3,4)5/h6,8-9H,1-5H3,(H2,13,14)(H,15,16). The molecule has 0 spiro atoms. The first-order valence-corrected chi connectivity index (χ1v) is 5.27. The van der Waals surface area contributed by atoms with Crippen molar-refractivity contribution in [3.05, 3.63) is 11.6 Å². The smallest absolute Gasteiger partial charge is 0.311 e. The van der Waals surface area contributed by atoms with Gasteiger partial charge in [0.15, 0.2) is 0 Å². The molecule has 0 saturated heterocycles. The Morgan fingerprint density at radius 1 is 1.31 bits per heavy atom. The van der Waals surface area contributed by atoms with Gasteiger partial charge >= 0.3 is 5.97 Å². The predicted octanol–water partition coefficient (Wildman–Crippen LogP) is 1.80. The molecule has 16 heavy (non-hydrogen) atoms. The summed E-state index contributed by atoms with van der Waals surface area (Å²) in [5, 5.41) is 9.21. The fraction of sp³-hybridized carbons (Fsp3) is 0.667. The van der Waals surface area contributed by atoms with E-state index in [1.54, 1.807) is 19.9 Å². The van der Waals surface area contributed by atoms with Gasteiger partial charge in [-0.3, -0.25) is 9.59 Å². The highest BCUT2D eigenvalue weighted by atomic mass is 16.4. The lowest BCUT2D eigenvalue weighted by Gasteiger charge is -2.33. The van der Waals surface area contributed by atoms with Crippen LogP contribution in [0.15, 0.2) is 11.6 Å². The lowest BCUT2D eigenvalue weighted by atomic mass is 9.70.